The van der Waals surface area contributed by atoms with E-state index in [1.54, 1.807) is 0 Å². The van der Waals surface area contributed by atoms with Crippen LogP contribution in [0.3, 0.4) is 0 Å². The molecule has 7 heteroatoms. The summed E-state index contributed by atoms with van der Waals surface area (Å²) in [6.45, 7) is 6.34. The second-order valence-electron chi connectivity index (χ2n) is 10.1. The monoisotopic (exact) mass is 545 g/mol. The van der Waals surface area contributed by atoms with Gasteiger partial charge in [0.15, 0.2) is 6.29 Å². The van der Waals surface area contributed by atoms with Crippen molar-refractivity contribution in [2.24, 2.45) is 5.92 Å². The summed E-state index contributed by atoms with van der Waals surface area (Å²) in [4.78, 5) is 15.6. The van der Waals surface area contributed by atoms with E-state index in [4.69, 9.17) is 23.7 Å². The van der Waals surface area contributed by atoms with Gasteiger partial charge in [-0.05, 0) is 30.5 Å². The SMILES string of the molecule is CCOC(OCC)[C@H]1C(=O)N2[C@H]1[C@@H](OCc1ccccc1)[C@H](OCc1ccccc1)[C@@H]2COCc1ccccc1. The Labute approximate surface area is 236 Å². The first-order valence-corrected chi connectivity index (χ1v) is 14.2. The van der Waals surface area contributed by atoms with Gasteiger partial charge in [0.2, 0.25) is 5.91 Å². The Morgan fingerprint density at radius 2 is 1.15 bits per heavy atom. The molecule has 5 atom stereocenters. The van der Waals surface area contributed by atoms with E-state index in [1.165, 1.54) is 0 Å². The summed E-state index contributed by atoms with van der Waals surface area (Å²) in [7, 11) is 0. The number of β-lactam (4-membered cyclic amide) rings is 1. The van der Waals surface area contributed by atoms with Crippen LogP contribution in [-0.4, -0.2) is 61.2 Å². The molecule has 2 aliphatic rings. The van der Waals surface area contributed by atoms with Gasteiger partial charge in [-0.3, -0.25) is 4.79 Å². The van der Waals surface area contributed by atoms with E-state index in [0.717, 1.165) is 16.7 Å². The standard InChI is InChI=1S/C33H39NO6/c1-3-37-33(38-4-2)28-29-31(40-22-26-18-12-7-13-19-26)30(39-21-25-16-10-6-11-17-25)27(34(29)32(28)35)23-36-20-24-14-8-5-9-15-24/h5-19,27-31,33H,3-4,20-23H2,1-2H3/t27-,28+,29+,30+,31+/m0/s1. The molecule has 1 amide bonds. The molecule has 5 rings (SSSR count). The lowest BCUT2D eigenvalue weighted by atomic mass is 9.85. The minimum atomic E-state index is -0.634. The first-order chi connectivity index (χ1) is 19.7. The summed E-state index contributed by atoms with van der Waals surface area (Å²) < 4.78 is 31.3. The minimum Gasteiger partial charge on any atom is -0.375 e. The second kappa shape index (κ2) is 14.0. The molecule has 2 fully saturated rings. The molecule has 2 heterocycles. The van der Waals surface area contributed by atoms with Crippen LogP contribution in [0.15, 0.2) is 91.0 Å². The third kappa shape index (κ3) is 6.45. The first-order valence-electron chi connectivity index (χ1n) is 14.2. The molecule has 212 valence electrons. The quantitative estimate of drug-likeness (QED) is 0.198. The molecule has 0 aliphatic carbocycles. The van der Waals surface area contributed by atoms with Crippen molar-refractivity contribution < 1.29 is 28.5 Å². The van der Waals surface area contributed by atoms with E-state index in [1.807, 2.05) is 110 Å². The summed E-state index contributed by atoms with van der Waals surface area (Å²) >= 11 is 0. The number of ether oxygens (including phenoxy) is 5. The smallest absolute Gasteiger partial charge is 0.233 e. The van der Waals surface area contributed by atoms with Crippen molar-refractivity contribution in [3.63, 3.8) is 0 Å². The van der Waals surface area contributed by atoms with Crippen molar-refractivity contribution in [3.8, 4) is 0 Å². The maximum atomic E-state index is 13.7. The van der Waals surface area contributed by atoms with E-state index in [-0.39, 0.29) is 30.2 Å². The molecule has 0 N–H and O–H groups in total. The van der Waals surface area contributed by atoms with Crippen LogP contribution in [0.5, 0.6) is 0 Å². The molecule has 2 saturated heterocycles. The molecule has 0 unspecified atom stereocenters. The average molecular weight is 546 g/mol. The molecule has 0 aromatic heterocycles. The topological polar surface area (TPSA) is 66.5 Å². The molecule has 40 heavy (non-hydrogen) atoms. The van der Waals surface area contributed by atoms with Crippen molar-refractivity contribution in [2.75, 3.05) is 19.8 Å². The lowest BCUT2D eigenvalue weighted by molar-refractivity contribution is -0.221. The predicted molar refractivity (Wildman–Crippen MR) is 151 cm³/mol. The second-order valence-corrected chi connectivity index (χ2v) is 10.1. The van der Waals surface area contributed by atoms with Crippen LogP contribution >= 0.6 is 0 Å². The number of fused-ring (bicyclic) bond motifs is 1. The zero-order valence-corrected chi connectivity index (χ0v) is 23.3. The number of rotatable bonds is 15. The molecule has 7 nitrogen and oxygen atoms in total. The molecule has 3 aromatic rings. The van der Waals surface area contributed by atoms with Crippen LogP contribution in [0.1, 0.15) is 30.5 Å². The highest BCUT2D eigenvalue weighted by Crippen LogP contribution is 2.45. The van der Waals surface area contributed by atoms with Crippen LogP contribution < -0.4 is 0 Å². The number of benzene rings is 3. The van der Waals surface area contributed by atoms with Crippen molar-refractivity contribution in [2.45, 2.75) is 64.2 Å². The van der Waals surface area contributed by atoms with E-state index >= 15 is 0 Å². The normalized spacial score (nSPS) is 23.8. The Balaban J connectivity index is 1.41. The Morgan fingerprint density at radius 3 is 1.65 bits per heavy atom. The fourth-order valence-electron chi connectivity index (χ4n) is 5.72. The maximum Gasteiger partial charge on any atom is 0.233 e. The lowest BCUT2D eigenvalue weighted by Gasteiger charge is -2.48. The van der Waals surface area contributed by atoms with Gasteiger partial charge in [-0.1, -0.05) is 91.0 Å². The first kappa shape index (κ1) is 28.5. The average Bonchev–Trinajstić information content (AvgIpc) is 3.25. The van der Waals surface area contributed by atoms with Crippen molar-refractivity contribution in [3.05, 3.63) is 108 Å². The van der Waals surface area contributed by atoms with Crippen molar-refractivity contribution in [1.82, 2.24) is 4.90 Å². The number of hydrogen-bond donors (Lipinski definition) is 0. The highest BCUT2D eigenvalue weighted by molar-refractivity contribution is 5.88. The number of carbonyl (C=O) groups excluding carboxylic acids is 1. The van der Waals surface area contributed by atoms with Gasteiger partial charge < -0.3 is 28.6 Å². The Bertz CT molecular complexity index is 1170. The third-order valence-electron chi connectivity index (χ3n) is 7.55. The van der Waals surface area contributed by atoms with Gasteiger partial charge in [0.1, 0.15) is 18.1 Å². The molecule has 0 saturated carbocycles. The number of amides is 1. The van der Waals surface area contributed by atoms with Crippen LogP contribution in [0.2, 0.25) is 0 Å². The zero-order valence-electron chi connectivity index (χ0n) is 23.3. The Kier molecular flexibility index (Phi) is 9.97. The Morgan fingerprint density at radius 1 is 0.675 bits per heavy atom. The van der Waals surface area contributed by atoms with Crippen LogP contribution in [-0.2, 0) is 48.3 Å². The Hall–Kier alpha value is -3.07. The van der Waals surface area contributed by atoms with Crippen molar-refractivity contribution in [1.29, 1.82) is 0 Å². The number of carbonyl (C=O) groups is 1. The van der Waals surface area contributed by atoms with E-state index in [2.05, 4.69) is 0 Å². The summed E-state index contributed by atoms with van der Waals surface area (Å²) in [6, 6.07) is 29.6. The third-order valence-corrected chi connectivity index (χ3v) is 7.55. The molecular formula is C33H39NO6. The van der Waals surface area contributed by atoms with Gasteiger partial charge >= 0.3 is 0 Å². The summed E-state index contributed by atoms with van der Waals surface area (Å²) in [5, 5.41) is 0. The highest BCUT2D eigenvalue weighted by atomic mass is 16.7. The fraction of sp³-hybridized carbons (Fsp3) is 0.424. The van der Waals surface area contributed by atoms with Crippen LogP contribution in [0, 0.1) is 5.92 Å². The van der Waals surface area contributed by atoms with E-state index < -0.39 is 12.2 Å². The van der Waals surface area contributed by atoms with Crippen LogP contribution in [0.4, 0.5) is 0 Å². The lowest BCUT2D eigenvalue weighted by Crippen LogP contribution is -2.67. The molecule has 3 aromatic carbocycles. The fourth-order valence-corrected chi connectivity index (χ4v) is 5.72. The summed E-state index contributed by atoms with van der Waals surface area (Å²) in [5.74, 6) is -0.480. The van der Waals surface area contributed by atoms with Gasteiger partial charge in [-0.25, -0.2) is 0 Å². The predicted octanol–water partition coefficient (Wildman–Crippen LogP) is 4.98. The molecule has 0 bridgehead atoms. The molecule has 0 radical (unpaired) electrons. The summed E-state index contributed by atoms with van der Waals surface area (Å²) in [6.07, 6.45) is -1.40. The van der Waals surface area contributed by atoms with Gasteiger partial charge in [0.05, 0.1) is 38.5 Å². The summed E-state index contributed by atoms with van der Waals surface area (Å²) in [5.41, 5.74) is 3.20. The highest BCUT2D eigenvalue weighted by Gasteiger charge is 2.66. The van der Waals surface area contributed by atoms with Crippen molar-refractivity contribution >= 4 is 5.91 Å². The van der Waals surface area contributed by atoms with E-state index in [9.17, 15) is 4.79 Å². The largest absolute Gasteiger partial charge is 0.375 e. The van der Waals surface area contributed by atoms with Gasteiger partial charge in [-0.15, -0.1) is 0 Å². The van der Waals surface area contributed by atoms with Gasteiger partial charge in [-0.2, -0.15) is 0 Å². The number of nitrogens with zero attached hydrogens (tertiary/aromatic N) is 1. The van der Waals surface area contributed by atoms with E-state index in [0.29, 0.717) is 39.6 Å². The van der Waals surface area contributed by atoms with Crippen LogP contribution in [0.25, 0.3) is 0 Å². The van der Waals surface area contributed by atoms with Gasteiger partial charge in [0, 0.05) is 13.2 Å². The van der Waals surface area contributed by atoms with Gasteiger partial charge in [0.25, 0.3) is 0 Å². The zero-order chi connectivity index (χ0) is 27.7. The molecular weight excluding hydrogens is 506 g/mol. The molecule has 2 aliphatic heterocycles. The molecule has 0 spiro atoms. The minimum absolute atomic E-state index is 0.00988. The number of hydrogen-bond acceptors (Lipinski definition) is 6. The maximum absolute atomic E-state index is 13.7.